The molecule has 3 aromatic rings. The Morgan fingerprint density at radius 3 is 1.97 bits per heavy atom. The highest BCUT2D eigenvalue weighted by molar-refractivity contribution is 6.04. The van der Waals surface area contributed by atoms with E-state index >= 15 is 0 Å². The third-order valence-electron chi connectivity index (χ3n) is 6.53. The van der Waals surface area contributed by atoms with Crippen LogP contribution in [0.2, 0.25) is 0 Å². The fraction of sp³-hybridized carbons (Fsp3) is 0.250. The van der Waals surface area contributed by atoms with E-state index in [1.807, 2.05) is 77.7 Å². The Hall–Kier alpha value is -3.93. The number of carbonyl (C=O) groups is 3. The average molecular weight is 454 g/mol. The number of rotatable bonds is 6. The number of urea groups is 1. The molecule has 2 fully saturated rings. The van der Waals surface area contributed by atoms with Crippen LogP contribution in [0.15, 0.2) is 84.9 Å². The van der Waals surface area contributed by atoms with Gasteiger partial charge >= 0.3 is 6.03 Å². The van der Waals surface area contributed by atoms with Gasteiger partial charge in [-0.05, 0) is 41.7 Å². The van der Waals surface area contributed by atoms with Crippen molar-refractivity contribution in [1.29, 1.82) is 0 Å². The van der Waals surface area contributed by atoms with Crippen LogP contribution in [-0.4, -0.2) is 45.6 Å². The van der Waals surface area contributed by atoms with Crippen molar-refractivity contribution < 1.29 is 14.4 Å². The van der Waals surface area contributed by atoms with Gasteiger partial charge in [-0.2, -0.15) is 0 Å². The molecule has 1 unspecified atom stereocenters. The molecule has 0 bridgehead atoms. The van der Waals surface area contributed by atoms with Gasteiger partial charge in [0, 0.05) is 25.2 Å². The maximum absolute atomic E-state index is 13.5. The standard InChI is InChI=1S/C28H27N3O3/c32-26(29-17-7-8-18-29)24-15-13-22(14-16-24)20-31-27(33)25(23-11-5-2-6-12-23)30(28(31)34)19-21-9-3-1-4-10-21/h1-6,9-16,25H,7-8,17-20H2. The fourth-order valence-corrected chi connectivity index (χ4v) is 4.72. The van der Waals surface area contributed by atoms with Crippen molar-refractivity contribution in [1.82, 2.24) is 14.7 Å². The van der Waals surface area contributed by atoms with Gasteiger partial charge in [0.2, 0.25) is 0 Å². The zero-order chi connectivity index (χ0) is 23.5. The fourth-order valence-electron chi connectivity index (χ4n) is 4.72. The van der Waals surface area contributed by atoms with Crippen LogP contribution in [-0.2, 0) is 17.9 Å². The predicted octanol–water partition coefficient (Wildman–Crippen LogP) is 4.63. The number of benzene rings is 3. The van der Waals surface area contributed by atoms with Gasteiger partial charge in [-0.1, -0.05) is 72.8 Å². The van der Waals surface area contributed by atoms with Crippen LogP contribution >= 0.6 is 0 Å². The van der Waals surface area contributed by atoms with Gasteiger partial charge in [0.25, 0.3) is 11.8 Å². The Morgan fingerprint density at radius 1 is 0.735 bits per heavy atom. The lowest BCUT2D eigenvalue weighted by molar-refractivity contribution is -0.128. The van der Waals surface area contributed by atoms with E-state index < -0.39 is 6.04 Å². The monoisotopic (exact) mass is 453 g/mol. The first-order chi connectivity index (χ1) is 16.6. The number of hydrogen-bond acceptors (Lipinski definition) is 3. The molecule has 34 heavy (non-hydrogen) atoms. The molecule has 4 amide bonds. The van der Waals surface area contributed by atoms with Crippen molar-refractivity contribution in [3.05, 3.63) is 107 Å². The first kappa shape index (κ1) is 21.9. The summed E-state index contributed by atoms with van der Waals surface area (Å²) in [4.78, 5) is 44.3. The highest BCUT2D eigenvalue weighted by Crippen LogP contribution is 2.33. The molecule has 0 saturated carbocycles. The summed E-state index contributed by atoms with van der Waals surface area (Å²) in [5.41, 5.74) is 3.22. The summed E-state index contributed by atoms with van der Waals surface area (Å²) < 4.78 is 0. The molecule has 6 nitrogen and oxygen atoms in total. The maximum atomic E-state index is 13.5. The van der Waals surface area contributed by atoms with Crippen molar-refractivity contribution in [2.24, 2.45) is 0 Å². The molecule has 6 heteroatoms. The van der Waals surface area contributed by atoms with Crippen molar-refractivity contribution in [3.8, 4) is 0 Å². The first-order valence-electron chi connectivity index (χ1n) is 11.7. The van der Waals surface area contributed by atoms with E-state index in [4.69, 9.17) is 0 Å². The van der Waals surface area contributed by atoms with Crippen LogP contribution in [0.5, 0.6) is 0 Å². The zero-order valence-electron chi connectivity index (χ0n) is 19.0. The third kappa shape index (κ3) is 4.31. The minimum Gasteiger partial charge on any atom is -0.339 e. The van der Waals surface area contributed by atoms with E-state index in [0.29, 0.717) is 12.1 Å². The minimum atomic E-state index is -0.662. The van der Waals surface area contributed by atoms with Crippen molar-refractivity contribution in [2.75, 3.05) is 13.1 Å². The lowest BCUT2D eigenvalue weighted by Gasteiger charge is -2.22. The van der Waals surface area contributed by atoms with E-state index in [2.05, 4.69) is 0 Å². The molecule has 3 aromatic carbocycles. The molecular weight excluding hydrogens is 426 g/mol. The first-order valence-corrected chi connectivity index (χ1v) is 11.7. The zero-order valence-corrected chi connectivity index (χ0v) is 19.0. The molecule has 0 spiro atoms. The molecule has 2 aliphatic heterocycles. The highest BCUT2D eigenvalue weighted by Gasteiger charge is 2.45. The summed E-state index contributed by atoms with van der Waals surface area (Å²) in [6.07, 6.45) is 2.09. The summed E-state index contributed by atoms with van der Waals surface area (Å²) in [5, 5.41) is 0. The summed E-state index contributed by atoms with van der Waals surface area (Å²) in [5.74, 6) is -0.195. The maximum Gasteiger partial charge on any atom is 0.328 e. The normalized spacial score (nSPS) is 18.1. The molecule has 2 heterocycles. The van der Waals surface area contributed by atoms with Crippen LogP contribution in [0.25, 0.3) is 0 Å². The smallest absolute Gasteiger partial charge is 0.328 e. The molecule has 0 N–H and O–H groups in total. The van der Waals surface area contributed by atoms with Crippen LogP contribution in [0, 0.1) is 0 Å². The summed E-state index contributed by atoms with van der Waals surface area (Å²) >= 11 is 0. The molecule has 5 rings (SSSR count). The lowest BCUT2D eigenvalue weighted by atomic mass is 10.0. The van der Waals surface area contributed by atoms with Crippen molar-refractivity contribution in [2.45, 2.75) is 32.0 Å². The summed E-state index contributed by atoms with van der Waals surface area (Å²) in [6.45, 7) is 2.13. The van der Waals surface area contributed by atoms with Gasteiger partial charge in [0.15, 0.2) is 0 Å². The van der Waals surface area contributed by atoms with Gasteiger partial charge in [-0.25, -0.2) is 4.79 Å². The number of carbonyl (C=O) groups excluding carboxylic acids is 3. The molecular formula is C28H27N3O3. The molecule has 172 valence electrons. The Bertz CT molecular complexity index is 1170. The second kappa shape index (κ2) is 9.51. The van der Waals surface area contributed by atoms with Gasteiger partial charge in [0.05, 0.1) is 6.54 Å². The molecule has 0 aromatic heterocycles. The highest BCUT2D eigenvalue weighted by atomic mass is 16.2. The number of likely N-dealkylation sites (tertiary alicyclic amines) is 1. The van der Waals surface area contributed by atoms with Gasteiger partial charge in [-0.15, -0.1) is 0 Å². The summed E-state index contributed by atoms with van der Waals surface area (Å²) in [6, 6.07) is 25.4. The topological polar surface area (TPSA) is 60.9 Å². The Labute approximate surface area is 199 Å². The number of nitrogens with zero attached hydrogens (tertiary/aromatic N) is 3. The SMILES string of the molecule is O=C(c1ccc(CN2C(=O)C(c3ccccc3)N(Cc3ccccc3)C2=O)cc1)N1CCCC1. The van der Waals surface area contributed by atoms with Crippen molar-refractivity contribution in [3.63, 3.8) is 0 Å². The molecule has 0 radical (unpaired) electrons. The quantitative estimate of drug-likeness (QED) is 0.512. The van der Waals surface area contributed by atoms with Gasteiger partial charge < -0.3 is 9.80 Å². The predicted molar refractivity (Wildman–Crippen MR) is 129 cm³/mol. The molecule has 0 aliphatic carbocycles. The lowest BCUT2D eigenvalue weighted by Crippen LogP contribution is -2.32. The van der Waals surface area contributed by atoms with Crippen LogP contribution in [0.4, 0.5) is 4.79 Å². The molecule has 2 saturated heterocycles. The van der Waals surface area contributed by atoms with Crippen LogP contribution in [0.3, 0.4) is 0 Å². The Balaban J connectivity index is 1.37. The third-order valence-corrected chi connectivity index (χ3v) is 6.53. The molecule has 2 aliphatic rings. The molecule has 1 atom stereocenters. The van der Waals surface area contributed by atoms with Gasteiger partial charge in [-0.3, -0.25) is 14.5 Å². The minimum absolute atomic E-state index is 0.0375. The van der Waals surface area contributed by atoms with Gasteiger partial charge in [0.1, 0.15) is 6.04 Å². The van der Waals surface area contributed by atoms with E-state index in [1.165, 1.54) is 4.90 Å². The van der Waals surface area contributed by atoms with E-state index in [-0.39, 0.29) is 24.4 Å². The van der Waals surface area contributed by atoms with Crippen molar-refractivity contribution >= 4 is 17.8 Å². The largest absolute Gasteiger partial charge is 0.339 e. The average Bonchev–Trinajstić information content (AvgIpc) is 3.49. The van der Waals surface area contributed by atoms with E-state index in [9.17, 15) is 14.4 Å². The second-order valence-corrected chi connectivity index (χ2v) is 8.83. The Kier molecular flexibility index (Phi) is 6.12. The second-order valence-electron chi connectivity index (χ2n) is 8.83. The van der Waals surface area contributed by atoms with Crippen LogP contribution in [0.1, 0.15) is 45.9 Å². The number of hydrogen-bond donors (Lipinski definition) is 0. The van der Waals surface area contributed by atoms with E-state index in [0.717, 1.165) is 42.6 Å². The summed E-state index contributed by atoms with van der Waals surface area (Å²) in [7, 11) is 0. The number of amides is 4. The Morgan fingerprint density at radius 2 is 1.32 bits per heavy atom. The van der Waals surface area contributed by atoms with E-state index in [1.54, 1.807) is 17.0 Å². The van der Waals surface area contributed by atoms with Crippen LogP contribution < -0.4 is 0 Å². The number of imide groups is 1.